The molecule has 10 nitrogen and oxygen atoms in total. The highest BCUT2D eigenvalue weighted by Crippen LogP contribution is 2.21. The van der Waals surface area contributed by atoms with E-state index in [0.717, 1.165) is 5.56 Å². The molecule has 0 spiro atoms. The summed E-state index contributed by atoms with van der Waals surface area (Å²) in [4.78, 5) is 26.5. The Bertz CT molecular complexity index is 883. The van der Waals surface area contributed by atoms with E-state index in [2.05, 4.69) is 15.0 Å². The minimum absolute atomic E-state index is 0.00219. The normalized spacial score (nSPS) is 11.5. The number of carbonyl (C=O) groups excluding carboxylic acids is 1. The van der Waals surface area contributed by atoms with Crippen LogP contribution in [0.2, 0.25) is 0 Å². The molecule has 10 heteroatoms. The molecule has 1 amide bonds. The van der Waals surface area contributed by atoms with Gasteiger partial charge < -0.3 is 24.1 Å². The standard InChI is InChI=1S/C23H32N4O6/c1-23(2,3)33-22(29)27(4)20-6-5-9-24-19(20)8-7-18-16-25-21(26-17-18)32-15-14-31-13-12-30-11-10-28/h5-9,16-17,28H,10-15H2,1-4H3/b8-7+. The van der Waals surface area contributed by atoms with Gasteiger partial charge in [0, 0.05) is 31.2 Å². The first kappa shape index (κ1) is 26.2. The molecule has 0 unspecified atom stereocenters. The number of anilines is 1. The molecule has 1 N–H and O–H groups in total. The molecule has 0 bridgehead atoms. The van der Waals surface area contributed by atoms with Crippen molar-refractivity contribution in [1.29, 1.82) is 0 Å². The molecule has 2 aromatic heterocycles. The van der Waals surface area contributed by atoms with E-state index in [1.807, 2.05) is 20.8 Å². The number of nitrogens with zero attached hydrogens (tertiary/aromatic N) is 4. The molecule has 0 radical (unpaired) electrons. The van der Waals surface area contributed by atoms with E-state index in [0.29, 0.717) is 44.4 Å². The van der Waals surface area contributed by atoms with E-state index >= 15 is 0 Å². The smallest absolute Gasteiger partial charge is 0.414 e. The van der Waals surface area contributed by atoms with Gasteiger partial charge in [-0.25, -0.2) is 14.8 Å². The van der Waals surface area contributed by atoms with Gasteiger partial charge in [0.05, 0.1) is 44.4 Å². The van der Waals surface area contributed by atoms with E-state index in [4.69, 9.17) is 24.1 Å². The molecule has 0 saturated carbocycles. The second-order valence-corrected chi connectivity index (χ2v) is 7.88. The summed E-state index contributed by atoms with van der Waals surface area (Å²) >= 11 is 0. The lowest BCUT2D eigenvalue weighted by Gasteiger charge is -2.25. The molecule has 0 aliphatic heterocycles. The Labute approximate surface area is 194 Å². The largest absolute Gasteiger partial charge is 0.461 e. The van der Waals surface area contributed by atoms with Crippen molar-refractivity contribution in [3.63, 3.8) is 0 Å². The quantitative estimate of drug-likeness (QED) is 0.477. The fourth-order valence-electron chi connectivity index (χ4n) is 2.49. The maximum Gasteiger partial charge on any atom is 0.414 e. The maximum atomic E-state index is 12.4. The molecule has 0 aliphatic carbocycles. The SMILES string of the molecule is CN(C(=O)OC(C)(C)C)c1cccnc1/C=C/c1cnc(OCCOCCOCCO)nc1. The van der Waals surface area contributed by atoms with Crippen molar-refractivity contribution in [3.8, 4) is 6.01 Å². The summed E-state index contributed by atoms with van der Waals surface area (Å²) in [5, 5.41) is 8.61. The number of hydrogen-bond donors (Lipinski definition) is 1. The van der Waals surface area contributed by atoms with Crippen LogP contribution in [0.15, 0.2) is 30.7 Å². The highest BCUT2D eigenvalue weighted by Gasteiger charge is 2.21. The van der Waals surface area contributed by atoms with Gasteiger partial charge in [0.15, 0.2) is 0 Å². The minimum atomic E-state index is -0.592. The molecule has 0 saturated heterocycles. The molecule has 2 heterocycles. The monoisotopic (exact) mass is 460 g/mol. The summed E-state index contributed by atoms with van der Waals surface area (Å²) < 4.78 is 21.3. The van der Waals surface area contributed by atoms with E-state index in [-0.39, 0.29) is 12.6 Å². The second-order valence-electron chi connectivity index (χ2n) is 7.88. The van der Waals surface area contributed by atoms with Crippen LogP contribution in [0.5, 0.6) is 6.01 Å². The molecule has 2 aromatic rings. The van der Waals surface area contributed by atoms with Gasteiger partial charge in [-0.05, 0) is 45.1 Å². The zero-order valence-electron chi connectivity index (χ0n) is 19.6. The first-order valence-corrected chi connectivity index (χ1v) is 10.6. The fraction of sp³-hybridized carbons (Fsp3) is 0.478. The van der Waals surface area contributed by atoms with Crippen LogP contribution < -0.4 is 9.64 Å². The van der Waals surface area contributed by atoms with Crippen LogP contribution in [0.1, 0.15) is 32.0 Å². The van der Waals surface area contributed by atoms with Gasteiger partial charge in [0.1, 0.15) is 12.2 Å². The highest BCUT2D eigenvalue weighted by molar-refractivity contribution is 5.90. The van der Waals surface area contributed by atoms with Crippen LogP contribution in [-0.2, 0) is 14.2 Å². The first-order valence-electron chi connectivity index (χ1n) is 10.6. The predicted octanol–water partition coefficient (Wildman–Crippen LogP) is 2.82. The summed E-state index contributed by atoms with van der Waals surface area (Å²) in [6.07, 6.45) is 8.03. The Morgan fingerprint density at radius 3 is 2.36 bits per heavy atom. The van der Waals surface area contributed by atoms with Crippen LogP contribution in [0.4, 0.5) is 10.5 Å². The number of pyridine rings is 1. The number of aliphatic hydroxyl groups excluding tert-OH is 1. The number of aliphatic hydroxyl groups is 1. The molecule has 2 rings (SSSR count). The summed E-state index contributed by atoms with van der Waals surface area (Å²) in [5.74, 6) is 0. The zero-order chi connectivity index (χ0) is 24.1. The number of hydrogen-bond acceptors (Lipinski definition) is 9. The minimum Gasteiger partial charge on any atom is -0.461 e. The lowest BCUT2D eigenvalue weighted by atomic mass is 10.2. The van der Waals surface area contributed by atoms with Gasteiger partial charge in [-0.15, -0.1) is 0 Å². The van der Waals surface area contributed by atoms with Crippen molar-refractivity contribution in [2.75, 3.05) is 51.6 Å². The number of amides is 1. The number of aromatic nitrogens is 3. The maximum absolute atomic E-state index is 12.4. The van der Waals surface area contributed by atoms with E-state index in [1.54, 1.807) is 49.9 Å². The molecule has 0 aromatic carbocycles. The Kier molecular flexibility index (Phi) is 10.7. The summed E-state index contributed by atoms with van der Waals surface area (Å²) in [7, 11) is 1.64. The molecule has 180 valence electrons. The van der Waals surface area contributed by atoms with Gasteiger partial charge in [-0.1, -0.05) is 0 Å². The predicted molar refractivity (Wildman–Crippen MR) is 124 cm³/mol. The Balaban J connectivity index is 1.88. The molecular weight excluding hydrogens is 428 g/mol. The second kappa shape index (κ2) is 13.5. The lowest BCUT2D eigenvalue weighted by molar-refractivity contribution is 0.0239. The van der Waals surface area contributed by atoms with Crippen molar-refractivity contribution in [1.82, 2.24) is 15.0 Å². The van der Waals surface area contributed by atoms with Crippen molar-refractivity contribution in [2.24, 2.45) is 0 Å². The third-order valence-electron chi connectivity index (χ3n) is 3.99. The van der Waals surface area contributed by atoms with Gasteiger partial charge in [-0.2, -0.15) is 0 Å². The number of rotatable bonds is 12. The highest BCUT2D eigenvalue weighted by atomic mass is 16.6. The summed E-state index contributed by atoms with van der Waals surface area (Å²) in [6, 6.07) is 3.80. The molecule has 0 aliphatic rings. The van der Waals surface area contributed by atoms with Crippen LogP contribution in [0, 0.1) is 0 Å². The number of ether oxygens (including phenoxy) is 4. The third kappa shape index (κ3) is 9.94. The zero-order valence-corrected chi connectivity index (χ0v) is 19.6. The van der Waals surface area contributed by atoms with Crippen LogP contribution in [-0.4, -0.2) is 78.4 Å². The molecule has 0 fully saturated rings. The van der Waals surface area contributed by atoms with Crippen molar-refractivity contribution in [2.45, 2.75) is 26.4 Å². The average molecular weight is 461 g/mol. The van der Waals surface area contributed by atoms with E-state index < -0.39 is 11.7 Å². The first-order chi connectivity index (χ1) is 15.8. The van der Waals surface area contributed by atoms with Gasteiger partial charge in [-0.3, -0.25) is 9.88 Å². The van der Waals surface area contributed by atoms with Gasteiger partial charge in [0.25, 0.3) is 0 Å². The fourth-order valence-corrected chi connectivity index (χ4v) is 2.49. The Hall–Kier alpha value is -3.08. The summed E-state index contributed by atoms with van der Waals surface area (Å²) in [6.45, 7) is 7.28. The van der Waals surface area contributed by atoms with Gasteiger partial charge in [0.2, 0.25) is 0 Å². The third-order valence-corrected chi connectivity index (χ3v) is 3.99. The van der Waals surface area contributed by atoms with Crippen LogP contribution >= 0.6 is 0 Å². The van der Waals surface area contributed by atoms with Crippen molar-refractivity contribution < 1.29 is 28.8 Å². The number of carbonyl (C=O) groups is 1. The average Bonchev–Trinajstić information content (AvgIpc) is 2.79. The molecule has 0 atom stereocenters. The molecular formula is C23H32N4O6. The van der Waals surface area contributed by atoms with Crippen LogP contribution in [0.25, 0.3) is 12.2 Å². The Morgan fingerprint density at radius 1 is 1.03 bits per heavy atom. The lowest BCUT2D eigenvalue weighted by Crippen LogP contribution is -2.34. The van der Waals surface area contributed by atoms with Crippen LogP contribution in [0.3, 0.4) is 0 Å². The van der Waals surface area contributed by atoms with Crippen molar-refractivity contribution >= 4 is 23.9 Å². The van der Waals surface area contributed by atoms with E-state index in [1.165, 1.54) is 4.90 Å². The van der Waals surface area contributed by atoms with Gasteiger partial charge >= 0.3 is 12.1 Å². The summed E-state index contributed by atoms with van der Waals surface area (Å²) in [5.41, 5.74) is 1.37. The molecule has 33 heavy (non-hydrogen) atoms. The van der Waals surface area contributed by atoms with E-state index in [9.17, 15) is 4.79 Å². The van der Waals surface area contributed by atoms with Crippen molar-refractivity contribution in [3.05, 3.63) is 42.0 Å². The topological polar surface area (TPSA) is 116 Å². The Morgan fingerprint density at radius 2 is 1.70 bits per heavy atom.